The van der Waals surface area contributed by atoms with Crippen LogP contribution in [0.5, 0.6) is 0 Å². The van der Waals surface area contributed by atoms with Crippen molar-refractivity contribution in [3.05, 3.63) is 92.9 Å². The first-order valence-corrected chi connectivity index (χ1v) is 15.2. The van der Waals surface area contributed by atoms with E-state index in [0.717, 1.165) is 15.4 Å². The average Bonchev–Trinajstić information content (AvgIpc) is 2.91. The van der Waals surface area contributed by atoms with Gasteiger partial charge >= 0.3 is 0 Å². The van der Waals surface area contributed by atoms with E-state index < -0.39 is 28.5 Å². The van der Waals surface area contributed by atoms with Crippen LogP contribution in [0, 0.1) is 12.8 Å². The summed E-state index contributed by atoms with van der Waals surface area (Å²) in [4.78, 5) is 28.3. The Morgan fingerprint density at radius 1 is 0.875 bits per heavy atom. The largest absolute Gasteiger partial charge is 0.354 e. The summed E-state index contributed by atoms with van der Waals surface area (Å²) in [6.07, 6.45) is 0. The van der Waals surface area contributed by atoms with E-state index in [4.69, 9.17) is 34.8 Å². The second-order valence-electron chi connectivity index (χ2n) is 9.89. The molecule has 0 saturated carbocycles. The number of benzene rings is 3. The van der Waals surface area contributed by atoms with E-state index in [0.29, 0.717) is 11.6 Å². The molecule has 0 spiro atoms. The number of nitrogens with one attached hydrogen (secondary N) is 1. The minimum atomic E-state index is -4.21. The van der Waals surface area contributed by atoms with Crippen molar-refractivity contribution in [2.24, 2.45) is 5.92 Å². The van der Waals surface area contributed by atoms with Crippen LogP contribution in [0.15, 0.2) is 71.6 Å². The Morgan fingerprint density at radius 3 is 2.08 bits per heavy atom. The predicted octanol–water partition coefficient (Wildman–Crippen LogP) is 6.34. The zero-order valence-corrected chi connectivity index (χ0v) is 25.8. The highest BCUT2D eigenvalue weighted by Gasteiger charge is 2.32. The number of sulfonamides is 1. The quantitative estimate of drug-likeness (QED) is 0.270. The molecule has 1 unspecified atom stereocenters. The molecule has 0 fully saturated rings. The highest BCUT2D eigenvalue weighted by atomic mass is 35.5. The van der Waals surface area contributed by atoms with Crippen LogP contribution in [0.2, 0.25) is 15.1 Å². The van der Waals surface area contributed by atoms with Crippen LogP contribution in [0.25, 0.3) is 0 Å². The standard InChI is InChI=1S/C29H32Cl3N3O4S/c1-19(2)16-33-29(37)21(4)34(17-22-7-9-23(30)10-8-22)28(36)18-35(24-11-14-26(31)27(32)15-24)40(38,39)25-12-5-20(3)6-13-25/h5-15,19,21H,16-18H2,1-4H3,(H,33,37). The first-order valence-electron chi connectivity index (χ1n) is 12.7. The number of halogens is 3. The summed E-state index contributed by atoms with van der Waals surface area (Å²) >= 11 is 18.4. The van der Waals surface area contributed by atoms with E-state index in [1.165, 1.54) is 35.2 Å². The highest BCUT2D eigenvalue weighted by Crippen LogP contribution is 2.31. The molecule has 0 heterocycles. The van der Waals surface area contributed by atoms with Crippen LogP contribution in [0.4, 0.5) is 5.69 Å². The first-order chi connectivity index (χ1) is 18.8. The fourth-order valence-corrected chi connectivity index (χ4v) is 5.65. The number of nitrogens with zero attached hydrogens (tertiary/aromatic N) is 2. The van der Waals surface area contributed by atoms with E-state index in [9.17, 15) is 18.0 Å². The Balaban J connectivity index is 2.03. The Kier molecular flexibility index (Phi) is 10.9. The molecular weight excluding hydrogens is 593 g/mol. The fraction of sp³-hybridized carbons (Fsp3) is 0.310. The van der Waals surface area contributed by atoms with Gasteiger partial charge in [-0.2, -0.15) is 0 Å². The molecule has 3 aromatic carbocycles. The molecule has 0 radical (unpaired) electrons. The van der Waals surface area contributed by atoms with E-state index in [1.54, 1.807) is 43.3 Å². The topological polar surface area (TPSA) is 86.8 Å². The van der Waals surface area contributed by atoms with Crippen molar-refractivity contribution in [3.63, 3.8) is 0 Å². The summed E-state index contributed by atoms with van der Waals surface area (Å²) in [5.74, 6) is -0.719. The number of carbonyl (C=O) groups excluding carboxylic acids is 2. The van der Waals surface area contributed by atoms with Gasteiger partial charge in [0.15, 0.2) is 0 Å². The fourth-order valence-electron chi connectivity index (χ4n) is 3.83. The zero-order chi connectivity index (χ0) is 29.6. The molecule has 0 aliphatic carbocycles. The minimum Gasteiger partial charge on any atom is -0.354 e. The van der Waals surface area contributed by atoms with Gasteiger partial charge in [-0.05, 0) is 67.8 Å². The summed E-state index contributed by atoms with van der Waals surface area (Å²) < 4.78 is 28.7. The summed E-state index contributed by atoms with van der Waals surface area (Å²) in [6, 6.07) is 16.6. The van der Waals surface area contributed by atoms with Gasteiger partial charge in [-0.15, -0.1) is 0 Å². The van der Waals surface area contributed by atoms with Crippen molar-refractivity contribution in [2.45, 2.75) is 45.2 Å². The maximum atomic E-state index is 13.9. The predicted molar refractivity (Wildman–Crippen MR) is 161 cm³/mol. The van der Waals surface area contributed by atoms with Crippen LogP contribution in [0.1, 0.15) is 31.9 Å². The first kappa shape index (κ1) is 31.7. The molecule has 40 heavy (non-hydrogen) atoms. The number of hydrogen-bond acceptors (Lipinski definition) is 4. The Labute approximate surface area is 251 Å². The molecule has 3 rings (SSSR count). The third-order valence-corrected chi connectivity index (χ3v) is 8.98. The van der Waals surface area contributed by atoms with E-state index in [-0.39, 0.29) is 39.0 Å². The molecule has 214 valence electrons. The summed E-state index contributed by atoms with van der Waals surface area (Å²) in [5, 5.41) is 3.76. The van der Waals surface area contributed by atoms with Crippen molar-refractivity contribution >= 4 is 62.3 Å². The molecule has 0 saturated heterocycles. The molecule has 2 amide bonds. The van der Waals surface area contributed by atoms with E-state index in [2.05, 4.69) is 5.32 Å². The van der Waals surface area contributed by atoms with Gasteiger partial charge in [-0.1, -0.05) is 78.5 Å². The van der Waals surface area contributed by atoms with E-state index >= 15 is 0 Å². The molecule has 1 atom stereocenters. The number of rotatable bonds is 11. The molecule has 0 bridgehead atoms. The second kappa shape index (κ2) is 13.7. The van der Waals surface area contributed by atoms with Gasteiger partial charge in [-0.25, -0.2) is 8.42 Å². The summed E-state index contributed by atoms with van der Waals surface area (Å²) in [7, 11) is -4.21. The Bertz CT molecular complexity index is 1450. The molecule has 3 aromatic rings. The number of amides is 2. The SMILES string of the molecule is Cc1ccc(S(=O)(=O)N(CC(=O)N(Cc2ccc(Cl)cc2)C(C)C(=O)NCC(C)C)c2ccc(Cl)c(Cl)c2)cc1. The van der Waals surface area contributed by atoms with Crippen molar-refractivity contribution in [1.82, 2.24) is 10.2 Å². The normalized spacial score (nSPS) is 12.2. The summed E-state index contributed by atoms with van der Waals surface area (Å²) in [6.45, 7) is 7.30. The number of hydrogen-bond donors (Lipinski definition) is 1. The minimum absolute atomic E-state index is 0.00366. The van der Waals surface area contributed by atoms with Crippen LogP contribution < -0.4 is 9.62 Å². The van der Waals surface area contributed by atoms with Gasteiger partial charge < -0.3 is 10.2 Å². The third kappa shape index (κ3) is 8.13. The van der Waals surface area contributed by atoms with Gasteiger partial charge in [0.2, 0.25) is 11.8 Å². The van der Waals surface area contributed by atoms with Crippen molar-refractivity contribution < 1.29 is 18.0 Å². The molecule has 0 aromatic heterocycles. The van der Waals surface area contributed by atoms with E-state index in [1.807, 2.05) is 20.8 Å². The molecule has 0 aliphatic rings. The molecule has 1 N–H and O–H groups in total. The Morgan fingerprint density at radius 2 is 1.50 bits per heavy atom. The maximum absolute atomic E-state index is 13.9. The monoisotopic (exact) mass is 623 g/mol. The lowest BCUT2D eigenvalue weighted by molar-refractivity contribution is -0.139. The third-order valence-electron chi connectivity index (χ3n) is 6.20. The van der Waals surface area contributed by atoms with Gasteiger partial charge in [0, 0.05) is 18.1 Å². The van der Waals surface area contributed by atoms with Gasteiger partial charge in [0.05, 0.1) is 20.6 Å². The Hall–Kier alpha value is -2.78. The zero-order valence-electron chi connectivity index (χ0n) is 22.7. The van der Waals surface area contributed by atoms with Crippen LogP contribution in [0.3, 0.4) is 0 Å². The smallest absolute Gasteiger partial charge is 0.264 e. The summed E-state index contributed by atoms with van der Waals surface area (Å²) in [5.41, 5.74) is 1.77. The average molecular weight is 625 g/mol. The molecule has 0 aliphatic heterocycles. The number of carbonyl (C=O) groups is 2. The maximum Gasteiger partial charge on any atom is 0.264 e. The van der Waals surface area contributed by atoms with Gasteiger partial charge in [-0.3, -0.25) is 13.9 Å². The highest BCUT2D eigenvalue weighted by molar-refractivity contribution is 7.92. The van der Waals surface area contributed by atoms with Crippen molar-refractivity contribution in [3.8, 4) is 0 Å². The van der Waals surface area contributed by atoms with Crippen LogP contribution >= 0.6 is 34.8 Å². The lowest BCUT2D eigenvalue weighted by atomic mass is 10.1. The second-order valence-corrected chi connectivity index (χ2v) is 13.0. The lowest BCUT2D eigenvalue weighted by Crippen LogP contribution is -2.51. The lowest BCUT2D eigenvalue weighted by Gasteiger charge is -2.32. The molecular formula is C29H32Cl3N3O4S. The number of anilines is 1. The van der Waals surface area contributed by atoms with Crippen molar-refractivity contribution in [1.29, 1.82) is 0 Å². The van der Waals surface area contributed by atoms with Gasteiger partial charge in [0.25, 0.3) is 10.0 Å². The van der Waals surface area contributed by atoms with Crippen LogP contribution in [-0.4, -0.2) is 44.3 Å². The van der Waals surface area contributed by atoms with Gasteiger partial charge in [0.1, 0.15) is 12.6 Å². The number of aryl methyl sites for hydroxylation is 1. The molecule has 11 heteroatoms. The van der Waals surface area contributed by atoms with Crippen molar-refractivity contribution in [2.75, 3.05) is 17.4 Å². The van der Waals surface area contributed by atoms with Crippen LogP contribution in [-0.2, 0) is 26.2 Å². The molecule has 7 nitrogen and oxygen atoms in total.